The average Bonchev–Trinajstić information content (AvgIpc) is 3.06. The zero-order valence-corrected chi connectivity index (χ0v) is 21.8. The SMILES string of the molecule is CC.CC.CC.COC(=O)N1C(C)CCC1COC1CC[CH]([Pb])CC1. The predicted molar refractivity (Wildman–Crippen MR) is 108 cm³/mol. The van der Waals surface area contributed by atoms with E-state index in [4.69, 9.17) is 9.47 Å². The van der Waals surface area contributed by atoms with Gasteiger partial charge in [-0.05, 0) is 0 Å². The number of hydrogen-bond donors (Lipinski definition) is 0. The van der Waals surface area contributed by atoms with Gasteiger partial charge in [0.05, 0.1) is 0 Å². The van der Waals surface area contributed by atoms with Crippen molar-refractivity contribution in [1.29, 1.82) is 0 Å². The van der Waals surface area contributed by atoms with E-state index in [0.717, 1.165) is 16.3 Å². The van der Waals surface area contributed by atoms with Gasteiger partial charge in [0.25, 0.3) is 0 Å². The number of nitrogens with zero attached hydrogens (tertiary/aromatic N) is 1. The summed E-state index contributed by atoms with van der Waals surface area (Å²) in [5, 5.41) is 0. The molecule has 2 aliphatic rings. The van der Waals surface area contributed by atoms with Crippen molar-refractivity contribution in [2.24, 2.45) is 0 Å². The summed E-state index contributed by atoms with van der Waals surface area (Å²) >= 11 is 1.32. The molecule has 2 atom stereocenters. The van der Waals surface area contributed by atoms with E-state index in [2.05, 4.69) is 6.92 Å². The molecule has 2 unspecified atom stereocenters. The molecule has 1 saturated carbocycles. The maximum atomic E-state index is 11.8. The Morgan fingerprint density at radius 1 is 0.960 bits per heavy atom. The molecule has 2 rings (SSSR count). The second-order valence-electron chi connectivity index (χ2n) is 5.76. The van der Waals surface area contributed by atoms with E-state index in [1.807, 2.05) is 46.4 Å². The van der Waals surface area contributed by atoms with Crippen molar-refractivity contribution < 1.29 is 14.3 Å². The molecule has 1 aliphatic heterocycles. The number of carbonyl (C=O) groups excluding carboxylic acids is 1. The van der Waals surface area contributed by atoms with E-state index in [9.17, 15) is 4.79 Å². The van der Waals surface area contributed by atoms with Crippen LogP contribution in [0.3, 0.4) is 0 Å². The van der Waals surface area contributed by atoms with Crippen LogP contribution in [0.4, 0.5) is 4.79 Å². The summed E-state index contributed by atoms with van der Waals surface area (Å²) in [4.78, 5) is 13.6. The summed E-state index contributed by atoms with van der Waals surface area (Å²) in [7, 11) is 1.46. The van der Waals surface area contributed by atoms with Gasteiger partial charge >= 0.3 is 132 Å². The first kappa shape index (κ1) is 27.4. The number of hydrogen-bond acceptors (Lipinski definition) is 3. The van der Waals surface area contributed by atoms with Crippen LogP contribution < -0.4 is 0 Å². The van der Waals surface area contributed by atoms with Gasteiger partial charge in [-0.1, -0.05) is 41.5 Å². The minimum atomic E-state index is -0.207. The van der Waals surface area contributed by atoms with Crippen LogP contribution in [0.25, 0.3) is 0 Å². The molecule has 1 amide bonds. The zero-order valence-electron chi connectivity index (χ0n) is 17.9. The van der Waals surface area contributed by atoms with Gasteiger partial charge in [-0.25, -0.2) is 0 Å². The van der Waals surface area contributed by atoms with Gasteiger partial charge in [0.15, 0.2) is 0 Å². The molecule has 4 nitrogen and oxygen atoms in total. The number of likely N-dealkylation sites (tertiary alicyclic amines) is 1. The Kier molecular flexibility index (Phi) is 19.2. The van der Waals surface area contributed by atoms with Gasteiger partial charge < -0.3 is 0 Å². The van der Waals surface area contributed by atoms with Gasteiger partial charge in [0, 0.05) is 0 Å². The van der Waals surface area contributed by atoms with Crippen molar-refractivity contribution in [3.8, 4) is 0 Å². The van der Waals surface area contributed by atoms with Crippen molar-refractivity contribution in [1.82, 2.24) is 4.90 Å². The standard InChI is InChI=1S/C14H24NO3.3C2H6.Pb/c1-11-8-9-12(15(11)14(16)17-2)10-18-13-6-4-3-5-7-13;3*1-2;/h3,11-13H,4-10H2,1-2H3;3*1-2H3;. The predicted octanol–water partition coefficient (Wildman–Crippen LogP) is 5.60. The zero-order chi connectivity index (χ0) is 19.8. The molecule has 0 spiro atoms. The first-order chi connectivity index (χ1) is 12.1. The van der Waals surface area contributed by atoms with Crippen LogP contribution in [0.2, 0.25) is 3.48 Å². The molecule has 0 aromatic heterocycles. The van der Waals surface area contributed by atoms with E-state index in [1.165, 1.54) is 58.6 Å². The molecule has 0 bridgehead atoms. The molecule has 0 N–H and O–H groups in total. The second kappa shape index (κ2) is 17.6. The number of rotatable bonds is 3. The first-order valence-corrected chi connectivity index (χ1v) is 12.5. The summed E-state index contributed by atoms with van der Waals surface area (Å²) in [6.07, 6.45) is 7.37. The number of amides is 1. The fourth-order valence-electron chi connectivity index (χ4n) is 3.15. The van der Waals surface area contributed by atoms with Crippen LogP contribution in [-0.2, 0) is 9.47 Å². The fourth-order valence-corrected chi connectivity index (χ4v) is 4.44. The Balaban J connectivity index is 0. The molecule has 3 radical (unpaired) electrons. The van der Waals surface area contributed by atoms with Gasteiger partial charge in [0.2, 0.25) is 0 Å². The van der Waals surface area contributed by atoms with E-state index < -0.39 is 0 Å². The molecule has 2 fully saturated rings. The van der Waals surface area contributed by atoms with E-state index in [1.54, 1.807) is 0 Å². The topological polar surface area (TPSA) is 38.8 Å². The minimum absolute atomic E-state index is 0.205. The number of methoxy groups -OCH3 is 1. The normalized spacial score (nSPS) is 27.6. The maximum absolute atomic E-state index is 11.8. The average molecular weight is 552 g/mol. The number of carbonyl (C=O) groups is 1. The van der Waals surface area contributed by atoms with Crippen LogP contribution >= 0.6 is 0 Å². The van der Waals surface area contributed by atoms with E-state index in [0.29, 0.717) is 12.7 Å². The van der Waals surface area contributed by atoms with E-state index >= 15 is 0 Å². The van der Waals surface area contributed by atoms with Gasteiger partial charge in [-0.15, -0.1) is 0 Å². The van der Waals surface area contributed by atoms with Crippen LogP contribution in [-0.4, -0.2) is 68.7 Å². The molecular formula is C20H42NO3Pb. The van der Waals surface area contributed by atoms with Crippen molar-refractivity contribution in [2.45, 2.75) is 109 Å². The quantitative estimate of drug-likeness (QED) is 0.429. The second-order valence-corrected chi connectivity index (χ2v) is 8.94. The summed E-state index contributed by atoms with van der Waals surface area (Å²) in [6, 6.07) is 0.481. The molecule has 0 aromatic carbocycles. The monoisotopic (exact) mass is 552 g/mol. The van der Waals surface area contributed by atoms with Crippen molar-refractivity contribution in [3.05, 3.63) is 0 Å². The third-order valence-electron chi connectivity index (χ3n) is 4.37. The Bertz CT molecular complexity index is 307. The van der Waals surface area contributed by atoms with Crippen LogP contribution in [0.15, 0.2) is 0 Å². The molecule has 25 heavy (non-hydrogen) atoms. The van der Waals surface area contributed by atoms with E-state index in [-0.39, 0.29) is 18.2 Å². The molecule has 5 heteroatoms. The first-order valence-electron chi connectivity index (χ1n) is 10.3. The van der Waals surface area contributed by atoms with Crippen molar-refractivity contribution in [2.75, 3.05) is 13.7 Å². The van der Waals surface area contributed by atoms with Crippen LogP contribution in [0, 0.1) is 0 Å². The summed E-state index contributed by atoms with van der Waals surface area (Å²) in [5.74, 6) is 0. The Hall–Kier alpha value is 0.152. The van der Waals surface area contributed by atoms with Crippen molar-refractivity contribution >= 4 is 31.9 Å². The van der Waals surface area contributed by atoms with Crippen molar-refractivity contribution in [3.63, 3.8) is 0 Å². The fraction of sp³-hybridized carbons (Fsp3) is 0.950. The molecule has 1 aliphatic carbocycles. The van der Waals surface area contributed by atoms with Crippen LogP contribution in [0.1, 0.15) is 87.0 Å². The molecular weight excluding hydrogens is 509 g/mol. The van der Waals surface area contributed by atoms with Gasteiger partial charge in [0.1, 0.15) is 0 Å². The Labute approximate surface area is 173 Å². The summed E-state index contributed by atoms with van der Waals surface area (Å²) < 4.78 is 11.9. The molecule has 0 aromatic rings. The third kappa shape index (κ3) is 10.2. The van der Waals surface area contributed by atoms with Gasteiger partial charge in [-0.2, -0.15) is 0 Å². The molecule has 1 saturated heterocycles. The summed E-state index contributed by atoms with van der Waals surface area (Å²) in [5.41, 5.74) is 0. The third-order valence-corrected chi connectivity index (χ3v) is 6.61. The molecule has 1 heterocycles. The molecule has 149 valence electrons. The van der Waals surface area contributed by atoms with Crippen LogP contribution in [0.5, 0.6) is 0 Å². The summed E-state index contributed by atoms with van der Waals surface area (Å²) in [6.45, 7) is 14.8. The Morgan fingerprint density at radius 3 is 1.96 bits per heavy atom. The number of ether oxygens (including phenoxy) is 2. The Morgan fingerprint density at radius 2 is 1.48 bits per heavy atom. The van der Waals surface area contributed by atoms with Gasteiger partial charge in [-0.3, -0.25) is 0 Å².